The smallest absolute Gasteiger partial charge is 0.417 e. The summed E-state index contributed by atoms with van der Waals surface area (Å²) in [5, 5.41) is -0.195. The number of hydrogen-bond donors (Lipinski definition) is 1. The van der Waals surface area contributed by atoms with Crippen molar-refractivity contribution in [2.75, 3.05) is 12.3 Å². The Morgan fingerprint density at radius 3 is 2.57 bits per heavy atom. The lowest BCUT2D eigenvalue weighted by molar-refractivity contribution is -0.137. The Labute approximate surface area is 133 Å². The van der Waals surface area contributed by atoms with E-state index in [0.29, 0.717) is 6.20 Å². The van der Waals surface area contributed by atoms with Crippen molar-refractivity contribution >= 4 is 23.4 Å². The van der Waals surface area contributed by atoms with Crippen LogP contribution in [0.5, 0.6) is 0 Å². The fraction of sp³-hybridized carbons (Fsp3) is 0.231. The second-order valence-corrected chi connectivity index (χ2v) is 4.62. The highest BCUT2D eigenvalue weighted by Gasteiger charge is 2.31. The van der Waals surface area contributed by atoms with Gasteiger partial charge >= 0.3 is 12.1 Å². The van der Waals surface area contributed by atoms with Crippen molar-refractivity contribution in [3.63, 3.8) is 0 Å². The lowest BCUT2D eigenvalue weighted by Crippen LogP contribution is -2.12. The van der Waals surface area contributed by atoms with Crippen LogP contribution >= 0.6 is 11.6 Å². The average Bonchev–Trinajstić information content (AvgIpc) is 2.49. The fourth-order valence-electron chi connectivity index (χ4n) is 1.61. The number of carbonyl (C=O) groups is 1. The lowest BCUT2D eigenvalue weighted by Gasteiger charge is -2.09. The molecule has 2 aromatic rings. The van der Waals surface area contributed by atoms with Crippen LogP contribution in [0.3, 0.4) is 0 Å². The van der Waals surface area contributed by atoms with Gasteiger partial charge in [0.25, 0.3) is 0 Å². The second kappa shape index (κ2) is 6.37. The predicted octanol–water partition coefficient (Wildman–Crippen LogP) is 2.97. The van der Waals surface area contributed by atoms with Crippen molar-refractivity contribution in [2.45, 2.75) is 13.1 Å². The zero-order valence-corrected chi connectivity index (χ0v) is 12.4. The van der Waals surface area contributed by atoms with E-state index in [1.807, 2.05) is 0 Å². The molecule has 23 heavy (non-hydrogen) atoms. The summed E-state index contributed by atoms with van der Waals surface area (Å²) in [5.74, 6) is -1.16. The molecule has 0 radical (unpaired) electrons. The van der Waals surface area contributed by atoms with Crippen molar-refractivity contribution in [3.05, 3.63) is 34.6 Å². The number of nitrogens with two attached hydrogens (primary N) is 1. The number of pyridine rings is 1. The van der Waals surface area contributed by atoms with Gasteiger partial charge in [-0.15, -0.1) is 0 Å². The number of hydrogen-bond acceptors (Lipinski definition) is 6. The first-order valence-corrected chi connectivity index (χ1v) is 6.65. The first-order chi connectivity index (χ1) is 10.7. The van der Waals surface area contributed by atoms with Crippen LogP contribution in [-0.2, 0) is 10.9 Å². The molecule has 2 heterocycles. The van der Waals surface area contributed by atoms with Gasteiger partial charge in [-0.05, 0) is 19.1 Å². The topological polar surface area (TPSA) is 91.0 Å². The van der Waals surface area contributed by atoms with E-state index in [2.05, 4.69) is 15.0 Å². The zero-order chi connectivity index (χ0) is 17.2. The number of carbonyl (C=O) groups excluding carboxylic acids is 1. The Balaban J connectivity index is 2.46. The second-order valence-electron chi connectivity index (χ2n) is 4.25. The van der Waals surface area contributed by atoms with Crippen molar-refractivity contribution in [1.82, 2.24) is 15.0 Å². The molecule has 0 bridgehead atoms. The molecule has 0 saturated heterocycles. The summed E-state index contributed by atoms with van der Waals surface area (Å²) in [5.41, 5.74) is 4.40. The summed E-state index contributed by atoms with van der Waals surface area (Å²) in [6.07, 6.45) is -3.88. The van der Waals surface area contributed by atoms with Gasteiger partial charge in [-0.1, -0.05) is 11.6 Å². The third kappa shape index (κ3) is 3.67. The van der Waals surface area contributed by atoms with Crippen LogP contribution in [0, 0.1) is 0 Å². The molecule has 0 aromatic carbocycles. The third-order valence-corrected chi connectivity index (χ3v) is 3.04. The monoisotopic (exact) mass is 346 g/mol. The highest BCUT2D eigenvalue weighted by molar-refractivity contribution is 6.35. The molecular weight excluding hydrogens is 337 g/mol. The normalized spacial score (nSPS) is 11.3. The van der Waals surface area contributed by atoms with Crippen LogP contribution in [0.2, 0.25) is 5.02 Å². The first kappa shape index (κ1) is 16.9. The molecule has 0 saturated carbocycles. The number of rotatable bonds is 3. The van der Waals surface area contributed by atoms with Crippen LogP contribution in [-0.4, -0.2) is 27.5 Å². The lowest BCUT2D eigenvalue weighted by atomic mass is 10.2. The Bertz CT molecular complexity index is 735. The van der Waals surface area contributed by atoms with Crippen LogP contribution in [0.15, 0.2) is 18.3 Å². The quantitative estimate of drug-likeness (QED) is 0.859. The molecule has 122 valence electrons. The van der Waals surface area contributed by atoms with Crippen molar-refractivity contribution in [3.8, 4) is 11.5 Å². The molecule has 0 aliphatic carbocycles. The Morgan fingerprint density at radius 2 is 2.04 bits per heavy atom. The van der Waals surface area contributed by atoms with Gasteiger partial charge in [-0.3, -0.25) is 4.98 Å². The number of nitrogen functional groups attached to an aromatic ring is 1. The van der Waals surface area contributed by atoms with E-state index in [9.17, 15) is 18.0 Å². The molecule has 0 fully saturated rings. The molecule has 0 amide bonds. The molecule has 0 unspecified atom stereocenters. The first-order valence-electron chi connectivity index (χ1n) is 6.27. The van der Waals surface area contributed by atoms with Crippen LogP contribution in [0.4, 0.5) is 19.0 Å². The molecule has 10 heteroatoms. The van der Waals surface area contributed by atoms with Gasteiger partial charge in [0, 0.05) is 6.20 Å². The summed E-state index contributed by atoms with van der Waals surface area (Å²) >= 11 is 5.85. The molecule has 6 nitrogen and oxygen atoms in total. The molecule has 2 N–H and O–H groups in total. The minimum atomic E-state index is -4.51. The maximum Gasteiger partial charge on any atom is 0.417 e. The van der Waals surface area contributed by atoms with E-state index >= 15 is 0 Å². The fourth-order valence-corrected chi connectivity index (χ4v) is 1.77. The van der Waals surface area contributed by atoms with E-state index in [1.165, 1.54) is 0 Å². The highest BCUT2D eigenvalue weighted by Crippen LogP contribution is 2.30. The van der Waals surface area contributed by atoms with Crippen LogP contribution in [0.25, 0.3) is 11.5 Å². The van der Waals surface area contributed by atoms with Gasteiger partial charge in [0.15, 0.2) is 11.5 Å². The van der Waals surface area contributed by atoms with Gasteiger partial charge in [0.05, 0.1) is 12.2 Å². The molecule has 2 aromatic heterocycles. The number of ether oxygens (including phenoxy) is 1. The standard InChI is InChI=1S/C13H10ClF3N4O2/c1-2-23-12(22)9-8(14)10(18)21-11(20-9)7-4-3-6(5-19-7)13(15,16)17/h3-5H,2H2,1H3,(H2,18,20,21). The van der Waals surface area contributed by atoms with Crippen molar-refractivity contribution in [1.29, 1.82) is 0 Å². The molecule has 0 atom stereocenters. The Kier molecular flexibility index (Phi) is 4.69. The molecule has 0 aliphatic rings. The Hall–Kier alpha value is -2.42. The number of esters is 1. The maximum absolute atomic E-state index is 12.5. The highest BCUT2D eigenvalue weighted by atomic mass is 35.5. The van der Waals surface area contributed by atoms with Crippen molar-refractivity contribution < 1.29 is 22.7 Å². The molecular formula is C13H10ClF3N4O2. The number of anilines is 1. The van der Waals surface area contributed by atoms with E-state index in [1.54, 1.807) is 6.92 Å². The molecule has 2 rings (SSSR count). The maximum atomic E-state index is 12.5. The summed E-state index contributed by atoms with van der Waals surface area (Å²) in [6, 6.07) is 1.89. The zero-order valence-electron chi connectivity index (χ0n) is 11.7. The van der Waals surface area contributed by atoms with Gasteiger partial charge in [-0.25, -0.2) is 14.8 Å². The van der Waals surface area contributed by atoms with Crippen LogP contribution in [0.1, 0.15) is 23.0 Å². The van der Waals surface area contributed by atoms with Gasteiger partial charge in [0.1, 0.15) is 16.5 Å². The van der Waals surface area contributed by atoms with E-state index in [4.69, 9.17) is 22.1 Å². The predicted molar refractivity (Wildman–Crippen MR) is 75.6 cm³/mol. The average molecular weight is 347 g/mol. The van der Waals surface area contributed by atoms with E-state index < -0.39 is 17.7 Å². The summed E-state index contributed by atoms with van der Waals surface area (Å²) < 4.78 is 42.4. The number of halogens is 4. The molecule has 0 aliphatic heterocycles. The summed E-state index contributed by atoms with van der Waals surface area (Å²) in [7, 11) is 0. The number of nitrogens with zero attached hydrogens (tertiary/aromatic N) is 3. The minimum Gasteiger partial charge on any atom is -0.461 e. The summed E-state index contributed by atoms with van der Waals surface area (Å²) in [4.78, 5) is 23.1. The van der Waals surface area contributed by atoms with Gasteiger partial charge in [0.2, 0.25) is 0 Å². The third-order valence-electron chi connectivity index (χ3n) is 2.67. The Morgan fingerprint density at radius 1 is 1.35 bits per heavy atom. The van der Waals surface area contributed by atoms with Crippen molar-refractivity contribution in [2.24, 2.45) is 0 Å². The molecule has 0 spiro atoms. The summed E-state index contributed by atoms with van der Waals surface area (Å²) in [6.45, 7) is 1.68. The van der Waals surface area contributed by atoms with Gasteiger partial charge in [-0.2, -0.15) is 13.2 Å². The largest absolute Gasteiger partial charge is 0.461 e. The number of alkyl halides is 3. The number of aromatic nitrogens is 3. The SMILES string of the molecule is CCOC(=O)c1nc(-c2ccc(C(F)(F)F)cn2)nc(N)c1Cl. The van der Waals surface area contributed by atoms with E-state index in [0.717, 1.165) is 12.1 Å². The van der Waals surface area contributed by atoms with Gasteiger partial charge < -0.3 is 10.5 Å². The van der Waals surface area contributed by atoms with Crippen LogP contribution < -0.4 is 5.73 Å². The van der Waals surface area contributed by atoms with E-state index in [-0.39, 0.29) is 34.7 Å². The minimum absolute atomic E-state index is 0.00640.